The van der Waals surface area contributed by atoms with E-state index in [0.29, 0.717) is 17.3 Å². The third-order valence-corrected chi connectivity index (χ3v) is 4.59. The fourth-order valence-corrected chi connectivity index (χ4v) is 3.05. The van der Waals surface area contributed by atoms with Gasteiger partial charge in [-0.15, -0.1) is 10.2 Å². The Labute approximate surface area is 169 Å². The summed E-state index contributed by atoms with van der Waals surface area (Å²) in [6.45, 7) is 2.15. The number of carbonyl (C=O) groups is 1. The van der Waals surface area contributed by atoms with Gasteiger partial charge in [0.05, 0.1) is 0 Å². The Morgan fingerprint density at radius 1 is 0.828 bits per heavy atom. The molecule has 1 amide bonds. The molecule has 0 radical (unpaired) electrons. The van der Waals surface area contributed by atoms with Crippen molar-refractivity contribution in [3.05, 3.63) is 90.0 Å². The summed E-state index contributed by atoms with van der Waals surface area (Å²) in [5.74, 6) is 0.728. The van der Waals surface area contributed by atoms with Crippen molar-refractivity contribution in [3.8, 4) is 22.9 Å². The molecular weight excluding hydrogens is 362 g/mol. The van der Waals surface area contributed by atoms with Gasteiger partial charge >= 0.3 is 0 Å². The van der Waals surface area contributed by atoms with Crippen molar-refractivity contribution in [1.29, 1.82) is 0 Å². The Morgan fingerprint density at radius 2 is 1.45 bits per heavy atom. The van der Waals surface area contributed by atoms with E-state index in [-0.39, 0.29) is 5.91 Å². The lowest BCUT2D eigenvalue weighted by Crippen LogP contribution is -2.11. The summed E-state index contributed by atoms with van der Waals surface area (Å²) < 4.78 is 5.76. The smallest absolute Gasteiger partial charge is 0.255 e. The molecule has 0 bridgehead atoms. The van der Waals surface area contributed by atoms with Crippen LogP contribution in [0.25, 0.3) is 22.9 Å². The summed E-state index contributed by atoms with van der Waals surface area (Å²) in [5, 5.41) is 11.1. The predicted molar refractivity (Wildman–Crippen MR) is 114 cm³/mol. The zero-order valence-electron chi connectivity index (χ0n) is 16.1. The fraction of sp³-hybridized carbons (Fsp3) is 0.125. The van der Waals surface area contributed by atoms with Crippen LogP contribution in [0, 0.1) is 0 Å². The standard InChI is InChI=1S/C24H21N3O2/c1-2-6-17-9-15-21(16-10-17)25-22(28)18-11-13-20(14-12-18)24-27-26-23(29-24)19-7-4-3-5-8-19/h3-5,7-16H,2,6H2,1H3,(H,25,28). The number of aryl methyl sites for hydroxylation is 1. The maximum Gasteiger partial charge on any atom is 0.255 e. The maximum absolute atomic E-state index is 12.5. The number of anilines is 1. The van der Waals surface area contributed by atoms with Crippen LogP contribution < -0.4 is 5.32 Å². The molecule has 0 spiro atoms. The summed E-state index contributed by atoms with van der Waals surface area (Å²) in [7, 11) is 0. The maximum atomic E-state index is 12.5. The lowest BCUT2D eigenvalue weighted by Gasteiger charge is -2.07. The Bertz CT molecular complexity index is 1090. The first-order valence-corrected chi connectivity index (χ1v) is 9.62. The van der Waals surface area contributed by atoms with E-state index < -0.39 is 0 Å². The topological polar surface area (TPSA) is 68.0 Å². The van der Waals surface area contributed by atoms with Crippen molar-refractivity contribution in [2.75, 3.05) is 5.32 Å². The highest BCUT2D eigenvalue weighted by Crippen LogP contribution is 2.24. The summed E-state index contributed by atoms with van der Waals surface area (Å²) in [4.78, 5) is 12.5. The van der Waals surface area contributed by atoms with Gasteiger partial charge in [-0.05, 0) is 60.5 Å². The van der Waals surface area contributed by atoms with Gasteiger partial charge in [-0.2, -0.15) is 0 Å². The number of rotatable bonds is 6. The van der Waals surface area contributed by atoms with Crippen LogP contribution in [0.3, 0.4) is 0 Å². The number of hydrogen-bond donors (Lipinski definition) is 1. The van der Waals surface area contributed by atoms with Gasteiger partial charge in [0, 0.05) is 22.4 Å². The van der Waals surface area contributed by atoms with E-state index in [0.717, 1.165) is 29.7 Å². The van der Waals surface area contributed by atoms with Crippen molar-refractivity contribution in [2.45, 2.75) is 19.8 Å². The van der Waals surface area contributed by atoms with Crippen molar-refractivity contribution < 1.29 is 9.21 Å². The van der Waals surface area contributed by atoms with Crippen LogP contribution in [0.4, 0.5) is 5.69 Å². The molecule has 1 N–H and O–H groups in total. The van der Waals surface area contributed by atoms with Crippen LogP contribution in [0.1, 0.15) is 29.3 Å². The quantitative estimate of drug-likeness (QED) is 0.470. The number of amides is 1. The zero-order chi connectivity index (χ0) is 20.1. The van der Waals surface area contributed by atoms with Crippen LogP contribution in [-0.4, -0.2) is 16.1 Å². The number of nitrogens with zero attached hydrogens (tertiary/aromatic N) is 2. The first kappa shape index (κ1) is 18.6. The summed E-state index contributed by atoms with van der Waals surface area (Å²) in [6.07, 6.45) is 2.14. The SMILES string of the molecule is CCCc1ccc(NC(=O)c2ccc(-c3nnc(-c4ccccc4)o3)cc2)cc1. The van der Waals surface area contributed by atoms with E-state index in [9.17, 15) is 4.79 Å². The van der Waals surface area contributed by atoms with Crippen molar-refractivity contribution in [2.24, 2.45) is 0 Å². The molecule has 29 heavy (non-hydrogen) atoms. The molecule has 0 saturated carbocycles. The molecule has 1 aromatic heterocycles. The Morgan fingerprint density at radius 3 is 2.07 bits per heavy atom. The number of hydrogen-bond acceptors (Lipinski definition) is 4. The van der Waals surface area contributed by atoms with Gasteiger partial charge in [0.25, 0.3) is 5.91 Å². The minimum Gasteiger partial charge on any atom is -0.416 e. The molecule has 5 nitrogen and oxygen atoms in total. The molecule has 144 valence electrons. The number of carbonyl (C=O) groups excluding carboxylic acids is 1. The Kier molecular flexibility index (Phi) is 5.47. The molecule has 4 aromatic rings. The second kappa shape index (κ2) is 8.52. The molecular formula is C24H21N3O2. The average molecular weight is 383 g/mol. The predicted octanol–water partition coefficient (Wildman–Crippen LogP) is 5.61. The van der Waals surface area contributed by atoms with Gasteiger partial charge in [0.15, 0.2) is 0 Å². The van der Waals surface area contributed by atoms with Gasteiger partial charge in [-0.1, -0.05) is 43.7 Å². The normalized spacial score (nSPS) is 10.7. The summed E-state index contributed by atoms with van der Waals surface area (Å²) >= 11 is 0. The third kappa shape index (κ3) is 4.41. The third-order valence-electron chi connectivity index (χ3n) is 4.59. The largest absolute Gasteiger partial charge is 0.416 e. The molecule has 0 unspecified atom stereocenters. The highest BCUT2D eigenvalue weighted by molar-refractivity contribution is 6.04. The van der Waals surface area contributed by atoms with Gasteiger partial charge in [0.1, 0.15) is 0 Å². The lowest BCUT2D eigenvalue weighted by molar-refractivity contribution is 0.102. The monoisotopic (exact) mass is 383 g/mol. The molecule has 0 aliphatic carbocycles. The minimum atomic E-state index is -0.157. The van der Waals surface area contributed by atoms with E-state index in [2.05, 4.69) is 22.4 Å². The summed E-state index contributed by atoms with van der Waals surface area (Å²) in [5.41, 5.74) is 4.24. The van der Waals surface area contributed by atoms with Crippen LogP contribution in [0.5, 0.6) is 0 Å². The molecule has 4 rings (SSSR count). The number of benzene rings is 3. The molecule has 5 heteroatoms. The highest BCUT2D eigenvalue weighted by Gasteiger charge is 2.12. The molecule has 0 fully saturated rings. The van der Waals surface area contributed by atoms with E-state index in [4.69, 9.17) is 4.42 Å². The van der Waals surface area contributed by atoms with Crippen molar-refractivity contribution in [1.82, 2.24) is 10.2 Å². The Hall–Kier alpha value is -3.73. The molecule has 0 aliphatic heterocycles. The van der Waals surface area contributed by atoms with E-state index in [1.54, 1.807) is 12.1 Å². The van der Waals surface area contributed by atoms with Crippen LogP contribution >= 0.6 is 0 Å². The van der Waals surface area contributed by atoms with Crippen molar-refractivity contribution >= 4 is 11.6 Å². The molecule has 0 aliphatic rings. The van der Waals surface area contributed by atoms with Gasteiger partial charge in [-0.3, -0.25) is 4.79 Å². The fourth-order valence-electron chi connectivity index (χ4n) is 3.05. The second-order valence-corrected chi connectivity index (χ2v) is 6.76. The molecule has 0 saturated heterocycles. The first-order chi connectivity index (χ1) is 14.2. The first-order valence-electron chi connectivity index (χ1n) is 9.62. The van der Waals surface area contributed by atoms with Gasteiger partial charge in [0.2, 0.25) is 11.8 Å². The lowest BCUT2D eigenvalue weighted by atomic mass is 10.1. The number of aromatic nitrogens is 2. The molecule has 1 heterocycles. The molecule has 3 aromatic carbocycles. The Balaban J connectivity index is 1.45. The van der Waals surface area contributed by atoms with E-state index >= 15 is 0 Å². The second-order valence-electron chi connectivity index (χ2n) is 6.76. The zero-order valence-corrected chi connectivity index (χ0v) is 16.1. The van der Waals surface area contributed by atoms with Crippen LogP contribution in [0.15, 0.2) is 83.3 Å². The van der Waals surface area contributed by atoms with Gasteiger partial charge < -0.3 is 9.73 Å². The van der Waals surface area contributed by atoms with E-state index in [1.807, 2.05) is 66.7 Å². The van der Waals surface area contributed by atoms with Crippen LogP contribution in [0.2, 0.25) is 0 Å². The average Bonchev–Trinajstić information content (AvgIpc) is 3.26. The minimum absolute atomic E-state index is 0.157. The summed E-state index contributed by atoms with van der Waals surface area (Å²) in [6, 6.07) is 24.7. The van der Waals surface area contributed by atoms with Crippen molar-refractivity contribution in [3.63, 3.8) is 0 Å². The number of nitrogens with one attached hydrogen (secondary N) is 1. The highest BCUT2D eigenvalue weighted by atomic mass is 16.4. The van der Waals surface area contributed by atoms with E-state index in [1.165, 1.54) is 5.56 Å². The molecule has 0 atom stereocenters. The van der Waals surface area contributed by atoms with Gasteiger partial charge in [-0.25, -0.2) is 0 Å². The van der Waals surface area contributed by atoms with Crippen LogP contribution in [-0.2, 0) is 6.42 Å².